The van der Waals surface area contributed by atoms with Gasteiger partial charge >= 0.3 is 0 Å². The second-order valence-corrected chi connectivity index (χ2v) is 6.18. The van der Waals surface area contributed by atoms with Crippen LogP contribution in [-0.4, -0.2) is 16.3 Å². The highest BCUT2D eigenvalue weighted by Gasteiger charge is 2.08. The van der Waals surface area contributed by atoms with Gasteiger partial charge in [0, 0.05) is 18.8 Å². The molecule has 0 bridgehead atoms. The highest BCUT2D eigenvalue weighted by atomic mass is 79.9. The fourth-order valence-electron chi connectivity index (χ4n) is 1.96. The molecule has 5 heteroatoms. The van der Waals surface area contributed by atoms with Crippen LogP contribution in [0.2, 0.25) is 0 Å². The van der Waals surface area contributed by atoms with Crippen LogP contribution in [0.25, 0.3) is 5.69 Å². The number of halogens is 2. The summed E-state index contributed by atoms with van der Waals surface area (Å²) in [6, 6.07) is 5.22. The third kappa shape index (κ3) is 3.67. The molecule has 0 aliphatic carbocycles. The summed E-state index contributed by atoms with van der Waals surface area (Å²) in [4.78, 5) is 0. The van der Waals surface area contributed by atoms with Gasteiger partial charge in [0.2, 0.25) is 0 Å². The van der Waals surface area contributed by atoms with Crippen LogP contribution in [0, 0.1) is 18.7 Å². The van der Waals surface area contributed by atoms with Gasteiger partial charge in [-0.25, -0.2) is 9.07 Å². The van der Waals surface area contributed by atoms with E-state index in [0.717, 1.165) is 30.0 Å². The van der Waals surface area contributed by atoms with Crippen LogP contribution < -0.4 is 5.32 Å². The molecule has 3 nitrogen and oxygen atoms in total. The molecule has 0 aliphatic heterocycles. The minimum Gasteiger partial charge on any atom is -0.311 e. The van der Waals surface area contributed by atoms with Crippen molar-refractivity contribution in [3.05, 3.63) is 45.9 Å². The molecule has 0 saturated carbocycles. The lowest BCUT2D eigenvalue weighted by Crippen LogP contribution is -2.19. The van der Waals surface area contributed by atoms with Crippen molar-refractivity contribution in [2.24, 2.45) is 5.92 Å². The maximum absolute atomic E-state index is 13.6. The molecule has 0 spiro atoms. The lowest BCUT2D eigenvalue weighted by molar-refractivity contribution is 0.546. The van der Waals surface area contributed by atoms with Crippen LogP contribution in [0.5, 0.6) is 0 Å². The summed E-state index contributed by atoms with van der Waals surface area (Å²) in [5, 5.41) is 7.82. The molecule has 1 aromatic carbocycles. The first-order chi connectivity index (χ1) is 9.47. The van der Waals surface area contributed by atoms with E-state index in [4.69, 9.17) is 0 Å². The zero-order valence-corrected chi connectivity index (χ0v) is 13.5. The van der Waals surface area contributed by atoms with Crippen molar-refractivity contribution in [3.8, 4) is 5.69 Å². The SMILES string of the molecule is Cc1cc(Br)c(F)cc1-n1ccc(CNCC(C)C)n1. The first kappa shape index (κ1) is 15.2. The van der Waals surface area contributed by atoms with Gasteiger partial charge in [0.1, 0.15) is 5.82 Å². The molecule has 0 amide bonds. The number of rotatable bonds is 5. The van der Waals surface area contributed by atoms with E-state index >= 15 is 0 Å². The molecule has 1 heterocycles. The number of aryl methyl sites for hydroxylation is 1. The van der Waals surface area contributed by atoms with Gasteiger partial charge < -0.3 is 5.32 Å². The van der Waals surface area contributed by atoms with Gasteiger partial charge in [-0.2, -0.15) is 5.10 Å². The van der Waals surface area contributed by atoms with E-state index in [1.54, 1.807) is 10.7 Å². The van der Waals surface area contributed by atoms with Gasteiger partial charge in [-0.15, -0.1) is 0 Å². The van der Waals surface area contributed by atoms with Crippen molar-refractivity contribution in [1.29, 1.82) is 0 Å². The Morgan fingerprint density at radius 1 is 1.40 bits per heavy atom. The van der Waals surface area contributed by atoms with Gasteiger partial charge in [-0.3, -0.25) is 0 Å². The molecule has 1 N–H and O–H groups in total. The number of aromatic nitrogens is 2. The maximum atomic E-state index is 13.6. The van der Waals surface area contributed by atoms with Crippen LogP contribution in [0.3, 0.4) is 0 Å². The van der Waals surface area contributed by atoms with Crippen molar-refractivity contribution in [2.75, 3.05) is 6.54 Å². The summed E-state index contributed by atoms with van der Waals surface area (Å²) in [7, 11) is 0. The number of nitrogens with one attached hydrogen (secondary N) is 1. The second-order valence-electron chi connectivity index (χ2n) is 5.33. The monoisotopic (exact) mass is 339 g/mol. The van der Waals surface area contributed by atoms with E-state index in [2.05, 4.69) is 40.2 Å². The molecule has 2 aromatic rings. The number of nitrogens with zero attached hydrogens (tertiary/aromatic N) is 2. The normalized spacial score (nSPS) is 11.3. The molecule has 0 unspecified atom stereocenters. The van der Waals surface area contributed by atoms with E-state index in [0.29, 0.717) is 10.4 Å². The molecule has 1 aromatic heterocycles. The molecule has 0 fully saturated rings. The molecule has 20 heavy (non-hydrogen) atoms. The van der Waals surface area contributed by atoms with Gasteiger partial charge in [-0.1, -0.05) is 13.8 Å². The Bertz CT molecular complexity index is 593. The zero-order valence-electron chi connectivity index (χ0n) is 12.0. The Morgan fingerprint density at radius 2 is 2.15 bits per heavy atom. The fraction of sp³-hybridized carbons (Fsp3) is 0.400. The van der Waals surface area contributed by atoms with Gasteiger partial charge in [-0.05, 0) is 53.0 Å². The number of benzene rings is 1. The Labute approximate surface area is 127 Å². The minimum absolute atomic E-state index is 0.277. The molecule has 0 atom stereocenters. The predicted molar refractivity (Wildman–Crippen MR) is 82.5 cm³/mol. The molecule has 0 saturated heterocycles. The Balaban J connectivity index is 2.14. The second kappa shape index (κ2) is 6.50. The van der Waals surface area contributed by atoms with Crippen molar-refractivity contribution in [2.45, 2.75) is 27.3 Å². The molecular formula is C15H19BrFN3. The fourth-order valence-corrected chi connectivity index (χ4v) is 2.42. The average molecular weight is 340 g/mol. The third-order valence-corrected chi connectivity index (χ3v) is 3.60. The molecule has 2 rings (SSSR count). The summed E-state index contributed by atoms with van der Waals surface area (Å²) in [6.07, 6.45) is 1.86. The molecular weight excluding hydrogens is 321 g/mol. The van der Waals surface area contributed by atoms with Crippen LogP contribution in [0.15, 0.2) is 28.9 Å². The van der Waals surface area contributed by atoms with Crippen LogP contribution in [0.4, 0.5) is 4.39 Å². The van der Waals surface area contributed by atoms with E-state index in [-0.39, 0.29) is 5.82 Å². The van der Waals surface area contributed by atoms with E-state index in [9.17, 15) is 4.39 Å². The highest BCUT2D eigenvalue weighted by Crippen LogP contribution is 2.22. The quantitative estimate of drug-likeness (QED) is 0.897. The minimum atomic E-state index is -0.277. The maximum Gasteiger partial charge on any atom is 0.139 e. The van der Waals surface area contributed by atoms with Crippen molar-refractivity contribution in [3.63, 3.8) is 0 Å². The summed E-state index contributed by atoms with van der Waals surface area (Å²) in [5.41, 5.74) is 2.69. The zero-order chi connectivity index (χ0) is 14.7. The van der Waals surface area contributed by atoms with Gasteiger partial charge in [0.05, 0.1) is 15.9 Å². The summed E-state index contributed by atoms with van der Waals surface area (Å²) < 4.78 is 15.8. The predicted octanol–water partition coefficient (Wildman–Crippen LogP) is 3.83. The lowest BCUT2D eigenvalue weighted by Gasteiger charge is -2.08. The third-order valence-electron chi connectivity index (χ3n) is 2.99. The van der Waals surface area contributed by atoms with E-state index < -0.39 is 0 Å². The smallest absolute Gasteiger partial charge is 0.139 e. The van der Waals surface area contributed by atoms with Crippen LogP contribution in [0.1, 0.15) is 25.1 Å². The number of hydrogen-bond acceptors (Lipinski definition) is 2. The molecule has 108 valence electrons. The number of hydrogen-bond donors (Lipinski definition) is 1. The first-order valence-electron chi connectivity index (χ1n) is 6.68. The van der Waals surface area contributed by atoms with Crippen molar-refractivity contribution >= 4 is 15.9 Å². The van der Waals surface area contributed by atoms with Crippen molar-refractivity contribution < 1.29 is 4.39 Å². The largest absolute Gasteiger partial charge is 0.311 e. The Morgan fingerprint density at radius 3 is 2.85 bits per heavy atom. The summed E-state index contributed by atoms with van der Waals surface area (Å²) in [6.45, 7) is 7.96. The Kier molecular flexibility index (Phi) is 4.94. The average Bonchev–Trinajstić information content (AvgIpc) is 2.82. The summed E-state index contributed by atoms with van der Waals surface area (Å²) >= 11 is 3.19. The first-order valence-corrected chi connectivity index (χ1v) is 7.48. The topological polar surface area (TPSA) is 29.9 Å². The Hall–Kier alpha value is -1.20. The summed E-state index contributed by atoms with van der Waals surface area (Å²) in [5.74, 6) is 0.334. The lowest BCUT2D eigenvalue weighted by atomic mass is 10.2. The van der Waals surface area contributed by atoms with E-state index in [1.807, 2.05) is 19.2 Å². The molecule has 0 aliphatic rings. The van der Waals surface area contributed by atoms with Crippen LogP contribution in [-0.2, 0) is 6.54 Å². The molecule has 0 radical (unpaired) electrons. The van der Waals surface area contributed by atoms with Gasteiger partial charge in [0.25, 0.3) is 0 Å². The standard InChI is InChI=1S/C15H19BrFN3/c1-10(2)8-18-9-12-4-5-20(19-12)15-7-14(17)13(16)6-11(15)3/h4-7,10,18H,8-9H2,1-3H3. The highest BCUT2D eigenvalue weighted by molar-refractivity contribution is 9.10. The van der Waals surface area contributed by atoms with Gasteiger partial charge in [0.15, 0.2) is 0 Å². The van der Waals surface area contributed by atoms with E-state index in [1.165, 1.54) is 6.07 Å². The van der Waals surface area contributed by atoms with Crippen LogP contribution >= 0.6 is 15.9 Å². The van der Waals surface area contributed by atoms with Crippen molar-refractivity contribution in [1.82, 2.24) is 15.1 Å².